The van der Waals surface area contributed by atoms with Crippen molar-refractivity contribution in [1.82, 2.24) is 0 Å². The van der Waals surface area contributed by atoms with E-state index in [9.17, 15) is 19.2 Å². The zero-order valence-electron chi connectivity index (χ0n) is 21.0. The Morgan fingerprint density at radius 3 is 0.969 bits per heavy atom. The average Bonchev–Trinajstić information content (AvgIpc) is 3.15. The first-order valence-electron chi connectivity index (χ1n) is 11.5. The van der Waals surface area contributed by atoms with E-state index in [0.29, 0.717) is 35.1 Å². The molecule has 0 radical (unpaired) electrons. The summed E-state index contributed by atoms with van der Waals surface area (Å²) >= 11 is 0. The molecule has 0 aromatic heterocycles. The molecular formula is C28H34O4. The van der Waals surface area contributed by atoms with Gasteiger partial charge in [-0.05, 0) is 104 Å². The molecule has 4 aliphatic rings. The molecule has 4 nitrogen and oxygen atoms in total. The Morgan fingerprint density at radius 1 is 0.438 bits per heavy atom. The first-order valence-corrected chi connectivity index (χ1v) is 11.5. The molecule has 0 N–H and O–H groups in total. The number of allylic oxidation sites excluding steroid dienone is 8. The topological polar surface area (TPSA) is 68.3 Å². The van der Waals surface area contributed by atoms with Gasteiger partial charge in [0.25, 0.3) is 0 Å². The van der Waals surface area contributed by atoms with Gasteiger partial charge in [-0.3, -0.25) is 19.2 Å². The van der Waals surface area contributed by atoms with E-state index in [1.54, 1.807) is 0 Å². The fourth-order valence-electron chi connectivity index (χ4n) is 5.99. The highest BCUT2D eigenvalue weighted by Gasteiger charge is 2.57. The number of hydrogen-bond acceptors (Lipinski definition) is 4. The second-order valence-electron chi connectivity index (χ2n) is 12.0. The highest BCUT2D eigenvalue weighted by atomic mass is 16.1. The lowest BCUT2D eigenvalue weighted by molar-refractivity contribution is -0.121. The van der Waals surface area contributed by atoms with Crippen molar-refractivity contribution in [2.24, 2.45) is 21.7 Å². The van der Waals surface area contributed by atoms with Crippen molar-refractivity contribution in [3.63, 3.8) is 0 Å². The van der Waals surface area contributed by atoms with Crippen molar-refractivity contribution in [3.8, 4) is 0 Å². The van der Waals surface area contributed by atoms with E-state index >= 15 is 0 Å². The molecule has 0 saturated carbocycles. The number of ketones is 4. The van der Waals surface area contributed by atoms with Crippen LogP contribution >= 0.6 is 0 Å². The largest absolute Gasteiger partial charge is 0.293 e. The maximum Gasteiger partial charge on any atom is 0.173 e. The monoisotopic (exact) mass is 434 g/mol. The van der Waals surface area contributed by atoms with E-state index in [4.69, 9.17) is 0 Å². The predicted octanol–water partition coefficient (Wildman–Crippen LogP) is 5.43. The Bertz CT molecular complexity index is 1090. The van der Waals surface area contributed by atoms with Crippen LogP contribution in [0.25, 0.3) is 0 Å². The van der Waals surface area contributed by atoms with Gasteiger partial charge in [-0.25, -0.2) is 0 Å². The Hall–Kier alpha value is -2.36. The van der Waals surface area contributed by atoms with Gasteiger partial charge in [0.1, 0.15) is 0 Å². The molecule has 0 aromatic rings. The van der Waals surface area contributed by atoms with Gasteiger partial charge in [0.15, 0.2) is 23.1 Å². The molecule has 0 heterocycles. The number of carbonyl (C=O) groups is 4. The second kappa shape index (κ2) is 6.15. The average molecular weight is 435 g/mol. The molecule has 0 fully saturated rings. The maximum absolute atomic E-state index is 13.3. The van der Waals surface area contributed by atoms with E-state index in [1.807, 2.05) is 69.2 Å². The first-order chi connectivity index (χ1) is 14.4. The van der Waals surface area contributed by atoms with Crippen LogP contribution in [0.5, 0.6) is 0 Å². The summed E-state index contributed by atoms with van der Waals surface area (Å²) < 4.78 is 0. The van der Waals surface area contributed by atoms with Gasteiger partial charge in [-0.15, -0.1) is 0 Å². The fourth-order valence-corrected chi connectivity index (χ4v) is 5.99. The van der Waals surface area contributed by atoms with E-state index in [1.165, 1.54) is 0 Å². The zero-order valence-corrected chi connectivity index (χ0v) is 21.0. The molecule has 170 valence electrons. The summed E-state index contributed by atoms with van der Waals surface area (Å²) in [5.41, 5.74) is 2.87. The van der Waals surface area contributed by atoms with Crippen LogP contribution in [0.1, 0.15) is 82.1 Å². The van der Waals surface area contributed by atoms with Crippen LogP contribution in [0.15, 0.2) is 44.6 Å². The minimum absolute atomic E-state index is 0.00726. The van der Waals surface area contributed by atoms with Gasteiger partial charge in [0, 0.05) is 44.0 Å². The number of hydrogen-bond donors (Lipinski definition) is 0. The Labute approximate surface area is 190 Å². The van der Waals surface area contributed by atoms with Crippen LogP contribution in [0, 0.1) is 21.7 Å². The van der Waals surface area contributed by atoms with Gasteiger partial charge in [-0.2, -0.15) is 0 Å². The lowest BCUT2D eigenvalue weighted by Gasteiger charge is -2.28. The molecule has 0 atom stereocenters. The smallest absolute Gasteiger partial charge is 0.173 e. The van der Waals surface area contributed by atoms with Crippen molar-refractivity contribution in [2.45, 2.75) is 82.1 Å². The lowest BCUT2D eigenvalue weighted by atomic mass is 9.74. The van der Waals surface area contributed by atoms with Gasteiger partial charge in [0.05, 0.1) is 0 Å². The normalized spacial score (nSPS) is 27.4. The van der Waals surface area contributed by atoms with Crippen LogP contribution in [-0.2, 0) is 19.2 Å². The van der Waals surface area contributed by atoms with E-state index in [-0.39, 0.29) is 23.1 Å². The van der Waals surface area contributed by atoms with Crippen LogP contribution < -0.4 is 0 Å². The molecule has 4 heteroatoms. The molecule has 32 heavy (non-hydrogen) atoms. The lowest BCUT2D eigenvalue weighted by Crippen LogP contribution is -2.28. The van der Waals surface area contributed by atoms with Gasteiger partial charge >= 0.3 is 0 Å². The maximum atomic E-state index is 13.3. The van der Waals surface area contributed by atoms with Crippen molar-refractivity contribution < 1.29 is 19.2 Å². The first kappa shape index (κ1) is 22.8. The van der Waals surface area contributed by atoms with Gasteiger partial charge in [-0.1, -0.05) is 0 Å². The summed E-state index contributed by atoms with van der Waals surface area (Å²) in [6.45, 7) is 18.8. The SMILES string of the molecule is CC1=C2C(=O)C(C)(C)C(CCC3=C4C(=O)C(C)(C)C(C)=C4C(=O)C3(C)C)=C2C(=O)C1(C)C. The molecule has 0 aliphatic heterocycles. The van der Waals surface area contributed by atoms with E-state index < -0.39 is 21.7 Å². The van der Waals surface area contributed by atoms with Crippen molar-refractivity contribution in [3.05, 3.63) is 44.6 Å². The third kappa shape index (κ3) is 2.39. The summed E-state index contributed by atoms with van der Waals surface area (Å²) in [7, 11) is 0. The molecule has 0 aromatic carbocycles. The second-order valence-corrected chi connectivity index (χ2v) is 12.0. The highest BCUT2D eigenvalue weighted by molar-refractivity contribution is 6.26. The molecule has 0 spiro atoms. The summed E-state index contributed by atoms with van der Waals surface area (Å²) in [4.78, 5) is 53.3. The highest BCUT2D eigenvalue weighted by Crippen LogP contribution is 2.58. The summed E-state index contributed by atoms with van der Waals surface area (Å²) in [6.07, 6.45) is 0.977. The molecule has 0 bridgehead atoms. The molecule has 0 unspecified atom stereocenters. The molecular weight excluding hydrogens is 400 g/mol. The summed E-state index contributed by atoms with van der Waals surface area (Å²) in [5.74, 6) is 0.0290. The fraction of sp³-hybridized carbons (Fsp3) is 0.571. The minimum atomic E-state index is -0.760. The predicted molar refractivity (Wildman–Crippen MR) is 124 cm³/mol. The standard InChI is InChI=1S/C28H34O4/c1-13-17-19(23(31)25(13,3)4)15(27(7,8)21(17)29)11-12-16-20-18(22(30)28(16,9)10)14(2)26(5,6)24(20)32/h11-12H2,1-10H3. The summed E-state index contributed by atoms with van der Waals surface area (Å²) in [5, 5.41) is 0. The minimum Gasteiger partial charge on any atom is -0.293 e. The number of rotatable bonds is 3. The zero-order chi connectivity index (χ0) is 24.3. The number of Topliss-reactive ketones (excluding diaryl/α,β-unsaturated/α-hetero) is 4. The molecule has 4 aliphatic carbocycles. The van der Waals surface area contributed by atoms with Crippen LogP contribution in [-0.4, -0.2) is 23.1 Å². The van der Waals surface area contributed by atoms with Crippen molar-refractivity contribution in [2.75, 3.05) is 0 Å². The number of carbonyl (C=O) groups excluding carboxylic acids is 4. The quantitative estimate of drug-likeness (QED) is 0.594. The third-order valence-corrected chi connectivity index (χ3v) is 9.04. The van der Waals surface area contributed by atoms with Crippen LogP contribution in [0.4, 0.5) is 0 Å². The van der Waals surface area contributed by atoms with Crippen molar-refractivity contribution in [1.29, 1.82) is 0 Å². The Kier molecular flexibility index (Phi) is 4.39. The van der Waals surface area contributed by atoms with Crippen LogP contribution in [0.3, 0.4) is 0 Å². The van der Waals surface area contributed by atoms with Gasteiger partial charge in [0.2, 0.25) is 0 Å². The molecule has 0 amide bonds. The number of fused-ring (bicyclic) bond motifs is 2. The Morgan fingerprint density at radius 2 is 0.688 bits per heavy atom. The van der Waals surface area contributed by atoms with Crippen molar-refractivity contribution >= 4 is 23.1 Å². The van der Waals surface area contributed by atoms with E-state index in [0.717, 1.165) is 22.3 Å². The summed E-state index contributed by atoms with van der Waals surface area (Å²) in [6, 6.07) is 0. The molecule has 0 saturated heterocycles. The van der Waals surface area contributed by atoms with Crippen LogP contribution in [0.2, 0.25) is 0 Å². The van der Waals surface area contributed by atoms with Gasteiger partial charge < -0.3 is 0 Å². The molecule has 4 rings (SSSR count). The Balaban J connectivity index is 1.83. The van der Waals surface area contributed by atoms with E-state index in [2.05, 4.69) is 0 Å². The third-order valence-electron chi connectivity index (χ3n) is 9.04.